The molecule has 0 fully saturated rings. The van der Waals surface area contributed by atoms with Crippen molar-refractivity contribution in [3.05, 3.63) is 94.2 Å². The lowest BCUT2D eigenvalue weighted by atomic mass is 10.0. The Labute approximate surface area is 176 Å². The fraction of sp³-hybridized carbons (Fsp3) is 0.0417. The monoisotopic (exact) mass is 411 g/mol. The summed E-state index contributed by atoms with van der Waals surface area (Å²) in [4.78, 5) is 17.2. The third-order valence-electron chi connectivity index (χ3n) is 4.87. The van der Waals surface area contributed by atoms with E-state index in [1.54, 1.807) is 11.2 Å². The Hall–Kier alpha value is -3.77. The summed E-state index contributed by atoms with van der Waals surface area (Å²) in [7, 11) is 1.83. The van der Waals surface area contributed by atoms with Crippen LogP contribution >= 0.6 is 11.3 Å². The van der Waals surface area contributed by atoms with Crippen LogP contribution < -0.4 is 10.6 Å². The smallest absolute Gasteiger partial charge is 0.345 e. The maximum atomic E-state index is 12.6. The minimum atomic E-state index is -0.398. The summed E-state index contributed by atoms with van der Waals surface area (Å²) in [5, 5.41) is 11.7. The lowest BCUT2D eigenvalue weighted by molar-refractivity contribution is 0.563. The highest BCUT2D eigenvalue weighted by atomic mass is 32.1. The van der Waals surface area contributed by atoms with E-state index in [-0.39, 0.29) is 0 Å². The maximum Gasteiger partial charge on any atom is 0.345 e. The van der Waals surface area contributed by atoms with E-state index in [0.717, 1.165) is 21.7 Å². The molecule has 0 aliphatic carbocycles. The van der Waals surface area contributed by atoms with Crippen molar-refractivity contribution in [3.8, 4) is 11.3 Å². The molecule has 0 saturated heterocycles. The van der Waals surface area contributed by atoms with Crippen molar-refractivity contribution in [3.63, 3.8) is 0 Å². The van der Waals surface area contributed by atoms with Crippen LogP contribution in [0, 0.1) is 0 Å². The summed E-state index contributed by atoms with van der Waals surface area (Å²) in [6, 6.07) is 23.6. The summed E-state index contributed by atoms with van der Waals surface area (Å²) in [6.45, 7) is 0. The molecule has 0 amide bonds. The molecular weight excluding hydrogens is 394 g/mol. The SMILES string of the molecule is CN(N=Cc1ccccc1)c1nc(-c2cc3c(ccc4ccccc43)oc2=O)cs1. The van der Waals surface area contributed by atoms with E-state index in [1.807, 2.05) is 85.2 Å². The standard InChI is InChI=1S/C24H17N3O2S/c1-27(25-14-16-7-3-2-4-8-16)24-26-21(15-30-24)20-13-19-18-10-6-5-9-17(18)11-12-22(19)29-23(20)28/h2-15H,1H3. The van der Waals surface area contributed by atoms with Gasteiger partial charge in [0.25, 0.3) is 0 Å². The summed E-state index contributed by atoms with van der Waals surface area (Å²) < 4.78 is 5.60. The van der Waals surface area contributed by atoms with Gasteiger partial charge >= 0.3 is 5.63 Å². The molecule has 0 radical (unpaired) electrons. The average molecular weight is 411 g/mol. The van der Waals surface area contributed by atoms with E-state index in [1.165, 1.54) is 11.3 Å². The van der Waals surface area contributed by atoms with Gasteiger partial charge in [0.05, 0.1) is 17.5 Å². The van der Waals surface area contributed by atoms with E-state index in [2.05, 4.69) is 10.1 Å². The number of hydrogen-bond acceptors (Lipinski definition) is 6. The fourth-order valence-corrected chi connectivity index (χ4v) is 4.08. The summed E-state index contributed by atoms with van der Waals surface area (Å²) in [5.41, 5.74) is 2.21. The highest BCUT2D eigenvalue weighted by Crippen LogP contribution is 2.30. The second-order valence-corrected chi connectivity index (χ2v) is 7.68. The second kappa shape index (κ2) is 7.57. The molecule has 30 heavy (non-hydrogen) atoms. The highest BCUT2D eigenvalue weighted by Gasteiger charge is 2.14. The van der Waals surface area contributed by atoms with Gasteiger partial charge < -0.3 is 4.42 Å². The van der Waals surface area contributed by atoms with Crippen LogP contribution in [0.5, 0.6) is 0 Å². The van der Waals surface area contributed by atoms with Gasteiger partial charge in [-0.3, -0.25) is 0 Å². The molecular formula is C24H17N3O2S. The molecule has 146 valence electrons. The number of anilines is 1. The van der Waals surface area contributed by atoms with E-state index < -0.39 is 5.63 Å². The number of hydrazone groups is 1. The van der Waals surface area contributed by atoms with Gasteiger partial charge in [-0.05, 0) is 28.5 Å². The molecule has 0 spiro atoms. The normalized spacial score (nSPS) is 11.5. The van der Waals surface area contributed by atoms with Gasteiger partial charge in [-0.15, -0.1) is 11.3 Å². The molecule has 3 aromatic carbocycles. The van der Waals surface area contributed by atoms with Crippen LogP contribution in [0.3, 0.4) is 0 Å². The van der Waals surface area contributed by atoms with Crippen molar-refractivity contribution in [2.75, 3.05) is 12.1 Å². The molecule has 0 N–H and O–H groups in total. The molecule has 0 aliphatic rings. The molecule has 0 saturated carbocycles. The van der Waals surface area contributed by atoms with Crippen molar-refractivity contribution in [1.82, 2.24) is 4.98 Å². The quantitative estimate of drug-likeness (QED) is 0.169. The predicted molar refractivity (Wildman–Crippen MR) is 124 cm³/mol. The third kappa shape index (κ3) is 3.38. The summed E-state index contributed by atoms with van der Waals surface area (Å²) in [5.74, 6) is 0. The van der Waals surface area contributed by atoms with Gasteiger partial charge in [0.1, 0.15) is 5.58 Å². The Morgan fingerprint density at radius 1 is 1.00 bits per heavy atom. The van der Waals surface area contributed by atoms with E-state index in [4.69, 9.17) is 4.42 Å². The van der Waals surface area contributed by atoms with Gasteiger partial charge in [-0.2, -0.15) is 5.10 Å². The number of fused-ring (bicyclic) bond motifs is 3. The Balaban J connectivity index is 1.52. The van der Waals surface area contributed by atoms with Crippen LogP contribution in [-0.4, -0.2) is 18.2 Å². The number of aromatic nitrogens is 1. The molecule has 6 heteroatoms. The van der Waals surface area contributed by atoms with Crippen molar-refractivity contribution in [1.29, 1.82) is 0 Å². The second-order valence-electron chi connectivity index (χ2n) is 6.84. The molecule has 2 aromatic heterocycles. The highest BCUT2D eigenvalue weighted by molar-refractivity contribution is 7.14. The van der Waals surface area contributed by atoms with Gasteiger partial charge in [0, 0.05) is 17.8 Å². The minimum absolute atomic E-state index is 0.398. The molecule has 0 unspecified atom stereocenters. The van der Waals surface area contributed by atoms with E-state index in [0.29, 0.717) is 22.0 Å². The van der Waals surface area contributed by atoms with Crippen molar-refractivity contribution < 1.29 is 4.42 Å². The number of hydrogen-bond donors (Lipinski definition) is 0. The molecule has 0 aliphatic heterocycles. The van der Waals surface area contributed by atoms with Crippen molar-refractivity contribution in [2.45, 2.75) is 0 Å². The van der Waals surface area contributed by atoms with Gasteiger partial charge in [-0.25, -0.2) is 14.8 Å². The number of rotatable bonds is 4. The van der Waals surface area contributed by atoms with Crippen LogP contribution in [0.15, 0.2) is 92.5 Å². The predicted octanol–water partition coefficient (Wildman–Crippen LogP) is 5.54. The van der Waals surface area contributed by atoms with Gasteiger partial charge in [0.15, 0.2) is 0 Å². The van der Waals surface area contributed by atoms with E-state index >= 15 is 0 Å². The van der Waals surface area contributed by atoms with Gasteiger partial charge in [0.2, 0.25) is 5.13 Å². The first kappa shape index (κ1) is 18.3. The van der Waals surface area contributed by atoms with Crippen LogP contribution in [0.1, 0.15) is 5.56 Å². The number of thiazole rings is 1. The van der Waals surface area contributed by atoms with Gasteiger partial charge in [-0.1, -0.05) is 60.7 Å². The van der Waals surface area contributed by atoms with Crippen molar-refractivity contribution >= 4 is 44.4 Å². The zero-order chi connectivity index (χ0) is 20.5. The average Bonchev–Trinajstić information content (AvgIpc) is 3.27. The minimum Gasteiger partial charge on any atom is -0.422 e. The Morgan fingerprint density at radius 2 is 1.80 bits per heavy atom. The first-order chi connectivity index (χ1) is 14.7. The van der Waals surface area contributed by atoms with Crippen LogP contribution in [0.4, 0.5) is 5.13 Å². The molecule has 0 atom stereocenters. The Morgan fingerprint density at radius 3 is 2.67 bits per heavy atom. The molecule has 5 rings (SSSR count). The summed E-state index contributed by atoms with van der Waals surface area (Å²) in [6.07, 6.45) is 1.78. The van der Waals surface area contributed by atoms with Crippen LogP contribution in [0.25, 0.3) is 33.0 Å². The molecule has 0 bridgehead atoms. The number of benzene rings is 3. The number of nitrogens with zero attached hydrogens (tertiary/aromatic N) is 3. The first-order valence-electron chi connectivity index (χ1n) is 9.43. The summed E-state index contributed by atoms with van der Waals surface area (Å²) >= 11 is 1.43. The zero-order valence-electron chi connectivity index (χ0n) is 16.1. The zero-order valence-corrected chi connectivity index (χ0v) is 17.0. The third-order valence-corrected chi connectivity index (χ3v) is 5.77. The van der Waals surface area contributed by atoms with Crippen LogP contribution in [-0.2, 0) is 0 Å². The molecule has 5 nitrogen and oxygen atoms in total. The van der Waals surface area contributed by atoms with Crippen LogP contribution in [0.2, 0.25) is 0 Å². The lowest BCUT2D eigenvalue weighted by Gasteiger charge is -2.07. The fourth-order valence-electron chi connectivity index (χ4n) is 3.33. The van der Waals surface area contributed by atoms with Crippen molar-refractivity contribution in [2.24, 2.45) is 5.10 Å². The molecule has 5 aromatic rings. The molecule has 2 heterocycles. The first-order valence-corrected chi connectivity index (χ1v) is 10.3. The Bertz CT molecular complexity index is 1440. The maximum absolute atomic E-state index is 12.6. The Kier molecular flexibility index (Phi) is 4.61. The topological polar surface area (TPSA) is 58.7 Å². The van der Waals surface area contributed by atoms with E-state index in [9.17, 15) is 4.79 Å². The lowest BCUT2D eigenvalue weighted by Crippen LogP contribution is -2.09. The largest absolute Gasteiger partial charge is 0.422 e.